The highest BCUT2D eigenvalue weighted by Crippen LogP contribution is 2.70. The highest BCUT2D eigenvalue weighted by molar-refractivity contribution is 5.57. The Morgan fingerprint density at radius 3 is 2.22 bits per heavy atom. The van der Waals surface area contributed by atoms with Gasteiger partial charge in [0.25, 0.3) is 6.48 Å². The van der Waals surface area contributed by atoms with Gasteiger partial charge >= 0.3 is 6.16 Å². The van der Waals surface area contributed by atoms with Gasteiger partial charge in [0.1, 0.15) is 30.7 Å². The third-order valence-corrected chi connectivity index (χ3v) is 15.6. The van der Waals surface area contributed by atoms with Crippen LogP contribution in [0.2, 0.25) is 0 Å². The Bertz CT molecular complexity index is 1540. The molecule has 4 saturated carbocycles. The molecule has 4 heterocycles. The predicted octanol–water partition coefficient (Wildman–Crippen LogP) is 2.38. The Kier molecular flexibility index (Phi) is 11.8. The van der Waals surface area contributed by atoms with Crippen LogP contribution >= 0.6 is 0 Å². The van der Waals surface area contributed by atoms with E-state index in [0.717, 1.165) is 44.1 Å². The van der Waals surface area contributed by atoms with E-state index in [9.17, 15) is 35.4 Å². The molecule has 21 atom stereocenters. The normalized spacial score (nSPS) is 53.1. The van der Waals surface area contributed by atoms with Gasteiger partial charge in [-0.15, -0.1) is 0 Å². The molecule has 2 unspecified atom stereocenters. The third-order valence-electron chi connectivity index (χ3n) is 15.6. The highest BCUT2D eigenvalue weighted by Gasteiger charge is 2.71. The summed E-state index contributed by atoms with van der Waals surface area (Å²) in [4.78, 5) is 11.0. The van der Waals surface area contributed by atoms with E-state index in [1.54, 1.807) is 13.8 Å². The van der Waals surface area contributed by atoms with Crippen molar-refractivity contribution in [3.05, 3.63) is 24.0 Å². The zero-order chi connectivity index (χ0) is 41.5. The third kappa shape index (κ3) is 7.43. The number of carbonyl (C=O) groups is 1. The smallest absolute Gasteiger partial charge is 0.490 e. The molecule has 8 aliphatic rings. The molecule has 58 heavy (non-hydrogen) atoms. The topological polar surface area (TPSA) is 242 Å². The van der Waals surface area contributed by atoms with Gasteiger partial charge in [-0.2, -0.15) is 0 Å². The predicted molar refractivity (Wildman–Crippen MR) is 197 cm³/mol. The van der Waals surface area contributed by atoms with Crippen molar-refractivity contribution >= 4 is 6.16 Å². The maximum Gasteiger partial charge on any atom is 0.508 e. The van der Waals surface area contributed by atoms with Crippen molar-refractivity contribution in [2.24, 2.45) is 34.5 Å². The summed E-state index contributed by atoms with van der Waals surface area (Å²) in [6.07, 6.45) is -6.88. The van der Waals surface area contributed by atoms with E-state index >= 15 is 0 Å². The van der Waals surface area contributed by atoms with Crippen LogP contribution in [0.25, 0.3) is 0 Å². The highest BCUT2D eigenvalue weighted by atomic mass is 16.9. The lowest BCUT2D eigenvalue weighted by Gasteiger charge is -2.65. The fourth-order valence-corrected chi connectivity index (χ4v) is 12.4. The van der Waals surface area contributed by atoms with Crippen molar-refractivity contribution in [3.8, 4) is 0 Å². The van der Waals surface area contributed by atoms with Crippen LogP contribution in [-0.4, -0.2) is 141 Å². The molecule has 0 aromatic rings. The van der Waals surface area contributed by atoms with Gasteiger partial charge in [0.2, 0.25) is 6.29 Å². The van der Waals surface area contributed by atoms with Gasteiger partial charge in [-0.3, -0.25) is 4.74 Å². The number of fused-ring (bicyclic) bond motifs is 5. The summed E-state index contributed by atoms with van der Waals surface area (Å²) in [5.41, 5.74) is -0.533. The minimum atomic E-state index is -1.72. The van der Waals surface area contributed by atoms with Crippen LogP contribution in [0.1, 0.15) is 91.9 Å². The number of aliphatic hydroxyl groups is 6. The van der Waals surface area contributed by atoms with Crippen LogP contribution < -0.4 is 0 Å². The van der Waals surface area contributed by atoms with E-state index in [0.29, 0.717) is 31.1 Å². The van der Waals surface area contributed by atoms with Gasteiger partial charge in [0, 0.05) is 18.3 Å². The van der Waals surface area contributed by atoms with Crippen LogP contribution in [-0.2, 0) is 42.6 Å². The first-order valence-corrected chi connectivity index (χ1v) is 21.0. The summed E-state index contributed by atoms with van der Waals surface area (Å²) >= 11 is 0. The summed E-state index contributed by atoms with van der Waals surface area (Å²) < 4.78 is 51.3. The molecular weight excluding hydrogens is 764 g/mol. The molecule has 7 N–H and O–H groups in total. The molecular formula is C41H62O17. The van der Waals surface area contributed by atoms with Crippen LogP contribution in [0.5, 0.6) is 0 Å². The average molecular weight is 827 g/mol. The van der Waals surface area contributed by atoms with Gasteiger partial charge in [0.05, 0.1) is 42.2 Å². The second-order valence-corrected chi connectivity index (χ2v) is 18.6. The fourth-order valence-electron chi connectivity index (χ4n) is 12.4. The molecule has 7 fully saturated rings. The fraction of sp³-hybridized carbons (Fsp3) is 0.878. The zero-order valence-electron chi connectivity index (χ0n) is 33.7. The van der Waals surface area contributed by atoms with Crippen molar-refractivity contribution in [3.63, 3.8) is 0 Å². The number of allylic oxidation sites excluding steroid dienone is 1. The van der Waals surface area contributed by atoms with Gasteiger partial charge < -0.3 is 73.6 Å². The second kappa shape index (κ2) is 16.1. The van der Waals surface area contributed by atoms with E-state index in [-0.39, 0.29) is 42.1 Å². The first-order valence-electron chi connectivity index (χ1n) is 21.0. The summed E-state index contributed by atoms with van der Waals surface area (Å²) in [5, 5.41) is 75.7. The number of carboxylic acid groups (broad SMARTS) is 1. The van der Waals surface area contributed by atoms with Gasteiger partial charge in [-0.25, -0.2) is 4.79 Å². The standard InChI is InChI=1S/C41H62O17/c1-18-12-21(17-50-18)24-9-11-41(49)25-7-6-22-13-23(8-10-39(22,4)26(25)14-29(44)40(24,41)5)53-30-16-28(43)33(19(2)51-30)56-38-52-20(3)34(35(46)57-38)54-31-15-27(42)32(45)36(55-31)58-37(47)48/h12,19-20,22-36,38,42-46,49H,1,6-11,13-17H2,2-5H3,(H,47,48)/t19-,20-,22-,23+,24-,25?,26?,27+,28+,29-,30-,31+,32-,33+,34-,35+,36-,38+,39+,40+,41+/m1/s1. The molecule has 8 rings (SSSR count). The molecule has 4 aliphatic heterocycles. The van der Waals surface area contributed by atoms with E-state index in [1.165, 1.54) is 0 Å². The van der Waals surface area contributed by atoms with E-state index in [2.05, 4.69) is 25.2 Å². The second-order valence-electron chi connectivity index (χ2n) is 18.6. The zero-order valence-corrected chi connectivity index (χ0v) is 33.7. The van der Waals surface area contributed by atoms with Crippen molar-refractivity contribution in [1.82, 2.24) is 0 Å². The molecule has 0 aromatic carbocycles. The van der Waals surface area contributed by atoms with Crippen LogP contribution in [0, 0.1) is 34.5 Å². The molecule has 17 nitrogen and oxygen atoms in total. The first-order chi connectivity index (χ1) is 27.4. The van der Waals surface area contributed by atoms with E-state index in [4.69, 9.17) is 43.0 Å². The van der Waals surface area contributed by atoms with Gasteiger partial charge in [-0.05, 0) is 106 Å². The summed E-state index contributed by atoms with van der Waals surface area (Å²) in [7, 11) is 0. The van der Waals surface area contributed by atoms with Crippen molar-refractivity contribution in [2.75, 3.05) is 6.61 Å². The molecule has 3 saturated heterocycles. The number of hydrogen-bond donors (Lipinski definition) is 7. The number of rotatable bonds is 8. The Balaban J connectivity index is 0.829. The van der Waals surface area contributed by atoms with Crippen LogP contribution in [0.15, 0.2) is 24.0 Å². The minimum absolute atomic E-state index is 0.0555. The summed E-state index contributed by atoms with van der Waals surface area (Å²) in [5.74, 6) is 1.35. The molecule has 17 heteroatoms. The van der Waals surface area contributed by atoms with E-state index in [1.807, 2.05) is 6.08 Å². The lowest BCUT2D eigenvalue weighted by atomic mass is 9.42. The maximum atomic E-state index is 12.6. The first kappa shape index (κ1) is 42.7. The van der Waals surface area contributed by atoms with E-state index < -0.39 is 97.6 Å². The monoisotopic (exact) mass is 826 g/mol. The van der Waals surface area contributed by atoms with Gasteiger partial charge in [0.15, 0.2) is 18.9 Å². The molecule has 0 bridgehead atoms. The minimum Gasteiger partial charge on any atom is -0.490 e. The van der Waals surface area contributed by atoms with Crippen LogP contribution in [0.4, 0.5) is 4.79 Å². The number of ether oxygens (including phenoxy) is 9. The Morgan fingerprint density at radius 1 is 0.810 bits per heavy atom. The molecule has 4 aliphatic carbocycles. The van der Waals surface area contributed by atoms with Crippen molar-refractivity contribution in [2.45, 2.75) is 184 Å². The Labute approximate surface area is 338 Å². The summed E-state index contributed by atoms with van der Waals surface area (Å²) in [6.45, 7) is 10.8. The quantitative estimate of drug-likeness (QED) is 0.137. The Morgan fingerprint density at radius 2 is 1.53 bits per heavy atom. The molecule has 0 amide bonds. The lowest BCUT2D eigenvalue weighted by Crippen LogP contribution is -2.67. The molecule has 0 radical (unpaired) electrons. The lowest BCUT2D eigenvalue weighted by molar-refractivity contribution is -0.440. The van der Waals surface area contributed by atoms with Crippen molar-refractivity contribution in [1.29, 1.82) is 0 Å². The molecule has 328 valence electrons. The average Bonchev–Trinajstić information content (AvgIpc) is 3.70. The number of aliphatic hydroxyl groups excluding tert-OH is 5. The maximum absolute atomic E-state index is 12.6. The summed E-state index contributed by atoms with van der Waals surface area (Å²) in [6, 6.07) is 0. The van der Waals surface area contributed by atoms with Crippen molar-refractivity contribution < 1.29 is 83.2 Å². The SMILES string of the molecule is C=C1C=C([C@H]2CC[C@]3(O)C4CC[C@@H]5C[C@@H](O[C@@H]6C[C@H](O)[C@@H](O[C@@H]7O[C@H](C)[C@@H](O[C@@H]8C[C@H](O)[C@@H](O)[C@@H](OC(=O)O)O8)[C@@H](O)O7)[C@@H](C)O6)CC[C@]5(C)C4C[C@@H](O)[C@]23C)CO1. The van der Waals surface area contributed by atoms with Gasteiger partial charge in [-0.1, -0.05) is 20.4 Å². The molecule has 0 spiro atoms. The Hall–Kier alpha value is -1.97. The van der Waals surface area contributed by atoms with Crippen LogP contribution in [0.3, 0.4) is 0 Å². The molecule has 0 aromatic heterocycles. The largest absolute Gasteiger partial charge is 0.508 e. The number of hydrogen-bond acceptors (Lipinski definition) is 16.